The van der Waals surface area contributed by atoms with Crippen molar-refractivity contribution in [1.29, 1.82) is 5.26 Å². The third kappa shape index (κ3) is 6.26. The zero-order valence-electron chi connectivity index (χ0n) is 19.7. The Balaban J connectivity index is 1.77. The summed E-state index contributed by atoms with van der Waals surface area (Å²) in [5.74, 6) is -1.29. The summed E-state index contributed by atoms with van der Waals surface area (Å²) < 4.78 is 12.9. The van der Waals surface area contributed by atoms with Crippen LogP contribution in [0, 0.1) is 11.3 Å². The lowest BCUT2D eigenvalue weighted by atomic mass is 10.1. The average Bonchev–Trinajstić information content (AvgIpc) is 3.17. The molecule has 9 nitrogen and oxygen atoms in total. The van der Waals surface area contributed by atoms with Crippen molar-refractivity contribution in [2.24, 2.45) is 7.05 Å². The summed E-state index contributed by atoms with van der Waals surface area (Å²) in [5.41, 5.74) is 2.14. The van der Waals surface area contributed by atoms with Crippen molar-refractivity contribution in [3.8, 4) is 11.8 Å². The fourth-order valence-corrected chi connectivity index (χ4v) is 3.46. The Hall–Kier alpha value is -4.13. The van der Waals surface area contributed by atoms with Gasteiger partial charge in [0.25, 0.3) is 5.91 Å². The van der Waals surface area contributed by atoms with Gasteiger partial charge < -0.3 is 29.6 Å². The molecule has 0 aliphatic heterocycles. The maximum Gasteiger partial charge on any atom is 0.337 e. The average molecular weight is 478 g/mol. The number of aryl methyl sites for hydroxylation is 1. The van der Waals surface area contributed by atoms with E-state index < -0.39 is 18.0 Å². The molecule has 1 atom stereocenters. The maximum atomic E-state index is 13.0. The Bertz CT molecular complexity index is 1310. The van der Waals surface area contributed by atoms with Gasteiger partial charge in [-0.05, 0) is 44.2 Å². The molecule has 182 valence electrons. The van der Waals surface area contributed by atoms with Gasteiger partial charge in [0.1, 0.15) is 24.2 Å². The van der Waals surface area contributed by atoms with Crippen molar-refractivity contribution in [2.45, 2.75) is 20.0 Å². The minimum absolute atomic E-state index is 0.00780. The van der Waals surface area contributed by atoms with Crippen LogP contribution in [0.5, 0.6) is 5.75 Å². The number of fused-ring (bicyclic) bond motifs is 1. The van der Waals surface area contributed by atoms with Crippen LogP contribution in [0.25, 0.3) is 10.9 Å². The van der Waals surface area contributed by atoms with Crippen LogP contribution in [0.2, 0.25) is 0 Å². The van der Waals surface area contributed by atoms with Crippen molar-refractivity contribution in [2.75, 3.05) is 25.1 Å². The molecule has 0 aliphatic rings. The molecular weight excluding hydrogens is 450 g/mol. The van der Waals surface area contributed by atoms with E-state index in [1.807, 2.05) is 32.1 Å². The predicted octanol–water partition coefficient (Wildman–Crippen LogP) is 3.72. The number of aliphatic hydroxyl groups is 1. The molecule has 1 amide bonds. The first kappa shape index (κ1) is 25.5. The van der Waals surface area contributed by atoms with Crippen LogP contribution < -0.4 is 10.1 Å². The van der Waals surface area contributed by atoms with Crippen molar-refractivity contribution >= 4 is 28.5 Å². The number of aliphatic hydroxyl groups excluding tert-OH is 1. The number of aromatic nitrogens is 1. The van der Waals surface area contributed by atoms with Crippen LogP contribution >= 0.6 is 0 Å². The van der Waals surface area contributed by atoms with E-state index in [1.54, 1.807) is 29.8 Å². The van der Waals surface area contributed by atoms with E-state index in [0.29, 0.717) is 17.9 Å². The van der Waals surface area contributed by atoms with Crippen molar-refractivity contribution in [3.05, 3.63) is 70.9 Å². The number of anilines is 1. The molecule has 0 saturated carbocycles. The summed E-state index contributed by atoms with van der Waals surface area (Å²) >= 11 is 0. The number of rotatable bonds is 10. The topological polar surface area (TPSA) is 134 Å². The molecule has 0 bridgehead atoms. The van der Waals surface area contributed by atoms with E-state index >= 15 is 0 Å². The van der Waals surface area contributed by atoms with Crippen LogP contribution in [0.3, 0.4) is 0 Å². The van der Waals surface area contributed by atoms with Crippen LogP contribution in [0.4, 0.5) is 5.69 Å². The second-order valence-corrected chi connectivity index (χ2v) is 8.20. The minimum Gasteiger partial charge on any atom is -0.489 e. The van der Waals surface area contributed by atoms with E-state index in [9.17, 15) is 19.8 Å². The van der Waals surface area contributed by atoms with Crippen LogP contribution in [0.15, 0.2) is 54.1 Å². The molecule has 3 N–H and O–H groups in total. The molecule has 0 radical (unpaired) electrons. The highest BCUT2D eigenvalue weighted by atomic mass is 16.5. The van der Waals surface area contributed by atoms with Gasteiger partial charge in [0.2, 0.25) is 0 Å². The maximum absolute atomic E-state index is 13.0. The van der Waals surface area contributed by atoms with Crippen LogP contribution in [-0.4, -0.2) is 52.6 Å². The van der Waals surface area contributed by atoms with Gasteiger partial charge in [-0.15, -0.1) is 0 Å². The fraction of sp³-hybridized carbons (Fsp3) is 0.269. The second-order valence-electron chi connectivity index (χ2n) is 8.20. The van der Waals surface area contributed by atoms with Crippen molar-refractivity contribution in [3.63, 3.8) is 0 Å². The fourth-order valence-electron chi connectivity index (χ4n) is 3.46. The molecule has 1 unspecified atom stereocenters. The highest BCUT2D eigenvalue weighted by Gasteiger charge is 2.19. The van der Waals surface area contributed by atoms with Gasteiger partial charge in [-0.25, -0.2) is 4.79 Å². The number of hydrogen-bond donors (Lipinski definition) is 3. The van der Waals surface area contributed by atoms with Crippen LogP contribution in [-0.2, 0) is 11.8 Å². The number of allylic oxidation sites excluding steroid dienone is 1. The van der Waals surface area contributed by atoms with Crippen molar-refractivity contribution < 1.29 is 29.3 Å². The monoisotopic (exact) mass is 477 g/mol. The molecule has 3 aromatic rings. The first-order valence-corrected chi connectivity index (χ1v) is 10.9. The number of ether oxygens (including phenoxy) is 2. The standard InChI is InChI=1S/C26H27N3O6/c1-16(2)9-10-34-14-19(30)15-35-23-6-4-5-18-12-22(29(3)24(18)23)25(31)28-21-8-7-17(13-27)11-20(21)26(32)33/h4-9,11-12,19,30H,10,14-15H2,1-3H3,(H,28,31)(H,32,33). The smallest absolute Gasteiger partial charge is 0.337 e. The minimum atomic E-state index is -1.26. The van der Waals surface area contributed by atoms with Crippen molar-refractivity contribution in [1.82, 2.24) is 4.57 Å². The number of carboxylic acids is 1. The molecule has 1 heterocycles. The number of carboxylic acid groups (broad SMARTS) is 1. The Kier molecular flexibility index (Phi) is 8.25. The van der Waals surface area contributed by atoms with Gasteiger partial charge in [-0.1, -0.05) is 23.8 Å². The summed E-state index contributed by atoms with van der Waals surface area (Å²) in [6, 6.07) is 12.9. The Morgan fingerprint density at radius 2 is 1.97 bits per heavy atom. The van der Waals surface area contributed by atoms with Gasteiger partial charge in [0.05, 0.1) is 41.6 Å². The van der Waals surface area contributed by atoms with Gasteiger partial charge in [0, 0.05) is 12.4 Å². The number of nitrogens with zero attached hydrogens (tertiary/aromatic N) is 2. The number of nitriles is 1. The molecule has 2 aromatic carbocycles. The SMILES string of the molecule is CC(C)=CCOCC(O)COc1cccc2cc(C(=O)Nc3ccc(C#N)cc3C(=O)O)n(C)c12. The van der Waals surface area contributed by atoms with E-state index in [4.69, 9.17) is 14.7 Å². The number of aromatic carboxylic acids is 1. The molecule has 1 aromatic heterocycles. The van der Waals surface area contributed by atoms with E-state index in [2.05, 4.69) is 5.32 Å². The number of carbonyl (C=O) groups excluding carboxylic acids is 1. The van der Waals surface area contributed by atoms with E-state index in [-0.39, 0.29) is 35.7 Å². The number of hydrogen-bond acceptors (Lipinski definition) is 6. The summed E-state index contributed by atoms with van der Waals surface area (Å²) in [6.45, 7) is 4.47. The quantitative estimate of drug-likeness (QED) is 0.299. The first-order chi connectivity index (χ1) is 16.7. The second kappa shape index (κ2) is 11.3. The number of benzene rings is 2. The summed E-state index contributed by atoms with van der Waals surface area (Å²) in [5, 5.41) is 32.0. The zero-order chi connectivity index (χ0) is 25.5. The first-order valence-electron chi connectivity index (χ1n) is 10.9. The number of amides is 1. The third-order valence-electron chi connectivity index (χ3n) is 5.23. The highest BCUT2D eigenvalue weighted by molar-refractivity contribution is 6.09. The Morgan fingerprint density at radius 3 is 2.66 bits per heavy atom. The van der Waals surface area contributed by atoms with E-state index in [1.165, 1.54) is 18.2 Å². The summed E-state index contributed by atoms with van der Waals surface area (Å²) in [4.78, 5) is 24.6. The number of para-hydroxylation sites is 1. The molecule has 0 aliphatic carbocycles. The summed E-state index contributed by atoms with van der Waals surface area (Å²) in [6.07, 6.45) is 1.09. The van der Waals surface area contributed by atoms with Gasteiger partial charge >= 0.3 is 5.97 Å². The van der Waals surface area contributed by atoms with Gasteiger partial charge in [-0.3, -0.25) is 4.79 Å². The normalized spacial score (nSPS) is 11.5. The predicted molar refractivity (Wildman–Crippen MR) is 131 cm³/mol. The van der Waals surface area contributed by atoms with Gasteiger partial charge in [-0.2, -0.15) is 5.26 Å². The zero-order valence-corrected chi connectivity index (χ0v) is 19.7. The summed E-state index contributed by atoms with van der Waals surface area (Å²) in [7, 11) is 1.69. The van der Waals surface area contributed by atoms with E-state index in [0.717, 1.165) is 11.0 Å². The molecule has 3 rings (SSSR count). The van der Waals surface area contributed by atoms with Gasteiger partial charge in [0.15, 0.2) is 0 Å². The third-order valence-corrected chi connectivity index (χ3v) is 5.23. The molecule has 35 heavy (non-hydrogen) atoms. The molecule has 0 saturated heterocycles. The molecular formula is C26H27N3O6. The van der Waals surface area contributed by atoms with Crippen LogP contribution in [0.1, 0.15) is 40.3 Å². The molecule has 0 fully saturated rings. The number of nitrogens with one attached hydrogen (secondary N) is 1. The number of carbonyl (C=O) groups is 2. The lowest BCUT2D eigenvalue weighted by molar-refractivity contribution is 0.0215. The Labute approximate surface area is 202 Å². The Morgan fingerprint density at radius 1 is 1.20 bits per heavy atom. The largest absolute Gasteiger partial charge is 0.489 e. The lowest BCUT2D eigenvalue weighted by Crippen LogP contribution is -2.23. The molecule has 9 heteroatoms. The highest BCUT2D eigenvalue weighted by Crippen LogP contribution is 2.29. The molecule has 0 spiro atoms. The lowest BCUT2D eigenvalue weighted by Gasteiger charge is -2.14.